The number of benzene rings is 5. The number of rotatable bonds is 6. The van der Waals surface area contributed by atoms with Crippen LogP contribution in [-0.2, 0) is 25.5 Å². The number of para-hydroxylation sites is 3. The summed E-state index contributed by atoms with van der Waals surface area (Å²) in [6.45, 7) is 17.3. The third kappa shape index (κ3) is 8.46. The molecule has 60 heavy (non-hydrogen) atoms. The summed E-state index contributed by atoms with van der Waals surface area (Å²) in [7, 11) is -1.61. The zero-order valence-corrected chi connectivity index (χ0v) is 39.9. The Bertz CT molecular complexity index is 3120. The molecule has 9 aromatic rings. The fourth-order valence-electron chi connectivity index (χ4n) is 7.74. The van der Waals surface area contributed by atoms with Crippen LogP contribution in [0.4, 0.5) is 0 Å². The number of imidazole rings is 1. The van der Waals surface area contributed by atoms with Crippen molar-refractivity contribution >= 4 is 55.9 Å². The topological polar surface area (TPSA) is 43.6 Å². The van der Waals surface area contributed by atoms with E-state index in [1.54, 1.807) is 23.5 Å². The second-order valence-corrected chi connectivity index (χ2v) is 23.5. The van der Waals surface area contributed by atoms with E-state index in [0.29, 0.717) is 0 Å². The average Bonchev–Trinajstić information content (AvgIpc) is 3.81. The molecule has 7 heteroatoms. The molecule has 0 N–H and O–H groups in total. The van der Waals surface area contributed by atoms with E-state index in [4.69, 9.17) is 15.5 Å². The molecule has 0 aliphatic heterocycles. The predicted molar refractivity (Wildman–Crippen MR) is 255 cm³/mol. The quantitative estimate of drug-likeness (QED) is 0.123. The smallest absolute Gasteiger partial charge is 0.113 e. The number of nitrogens with zero attached hydrogens (tertiary/aromatic N) is 4. The molecular weight excluding hydrogens is 945 g/mol. The Morgan fingerprint density at radius 3 is 2.30 bits per heavy atom. The van der Waals surface area contributed by atoms with E-state index < -0.39 is 20.8 Å². The molecule has 0 amide bonds. The van der Waals surface area contributed by atoms with Gasteiger partial charge in [-0.05, 0) is 68.5 Å². The Kier molecular flexibility index (Phi) is 10.8. The minimum atomic E-state index is -2.13. The van der Waals surface area contributed by atoms with Gasteiger partial charge in [-0.25, -0.2) is 4.98 Å². The number of aromatic nitrogens is 4. The number of aryl methyl sites for hydroxylation is 2. The van der Waals surface area contributed by atoms with Gasteiger partial charge in [-0.1, -0.05) is 150 Å². The molecule has 0 spiro atoms. The van der Waals surface area contributed by atoms with Crippen LogP contribution in [0.5, 0.6) is 0 Å². The van der Waals surface area contributed by atoms with E-state index in [1.165, 1.54) is 44.4 Å². The first-order chi connectivity index (χ1) is 29.7. The number of hydrogen-bond donors (Lipinski definition) is 0. The van der Waals surface area contributed by atoms with E-state index in [1.807, 2.05) is 39.1 Å². The van der Waals surface area contributed by atoms with Crippen molar-refractivity contribution in [3.05, 3.63) is 162 Å². The summed E-state index contributed by atoms with van der Waals surface area (Å²) >= 11 is 1.73. The molecular formula is C53H52IrN4SSi-2. The summed E-state index contributed by atoms with van der Waals surface area (Å²) in [5.41, 5.74) is 11.5. The van der Waals surface area contributed by atoms with Crippen LogP contribution in [0, 0.1) is 25.9 Å². The largest absolute Gasteiger partial charge is 0.332 e. The normalized spacial score (nSPS) is 13.2. The van der Waals surface area contributed by atoms with Gasteiger partial charge in [0.2, 0.25) is 0 Å². The molecule has 0 bridgehead atoms. The van der Waals surface area contributed by atoms with Gasteiger partial charge in [-0.15, -0.1) is 53.6 Å². The van der Waals surface area contributed by atoms with Crippen molar-refractivity contribution in [1.82, 2.24) is 19.5 Å². The Hall–Kier alpha value is -5.04. The molecule has 0 unspecified atom stereocenters. The SMILES string of the molecule is Cc1ccc2c(n1)sc1c(-c3nc4ccccc4n3-c3c(-c4ccccc4)cccc3C(C)(C)C)[c-]ccc12.[2H]C([2H])([2H])c1c[c-]c(-c2cc(C([2H])(C)C)c([Si](C)(C)C)cn2)cc1.[Ir]. The molecule has 1 radical (unpaired) electrons. The summed E-state index contributed by atoms with van der Waals surface area (Å²) < 4.78 is 34.3. The summed E-state index contributed by atoms with van der Waals surface area (Å²) in [6, 6.07) is 47.6. The standard InChI is InChI=1S/C35H28N3S.C18H24NSi.Ir/c1-22-20-21-26-25-15-10-16-27(32(25)39-34(26)36-22)33-37-29-18-8-9-19-30(29)38(33)31-24(23-12-6-5-7-13-23)14-11-17-28(31)35(2,3)4;1-13(2)16-11-17(15-9-7-14(3)8-10-15)19-12-18(16)20(4,5)6;/h5-15,17-21H,1-4H3;7-9,11-13H,1-6H3;/q2*-1;/i;3D3,13D;. The van der Waals surface area contributed by atoms with Crippen molar-refractivity contribution in [2.24, 2.45) is 0 Å². The predicted octanol–water partition coefficient (Wildman–Crippen LogP) is 14.1. The van der Waals surface area contributed by atoms with E-state index in [0.717, 1.165) is 54.5 Å². The van der Waals surface area contributed by atoms with E-state index >= 15 is 0 Å². The molecule has 4 aromatic heterocycles. The Labute approximate surface area is 379 Å². The number of thiophene rings is 1. The van der Waals surface area contributed by atoms with Gasteiger partial charge in [-0.3, -0.25) is 4.98 Å². The monoisotopic (exact) mass is 1000 g/mol. The first-order valence-electron chi connectivity index (χ1n) is 22.1. The van der Waals surface area contributed by atoms with Gasteiger partial charge in [0.1, 0.15) is 4.83 Å². The first-order valence-corrected chi connectivity index (χ1v) is 24.4. The van der Waals surface area contributed by atoms with E-state index in [9.17, 15) is 0 Å². The second-order valence-electron chi connectivity index (χ2n) is 17.4. The van der Waals surface area contributed by atoms with E-state index in [2.05, 4.69) is 153 Å². The molecule has 0 aliphatic rings. The van der Waals surface area contributed by atoms with Gasteiger partial charge >= 0.3 is 0 Å². The van der Waals surface area contributed by atoms with Crippen LogP contribution in [0.25, 0.3) is 70.8 Å². The first kappa shape index (κ1) is 37.9. The van der Waals surface area contributed by atoms with Gasteiger partial charge in [0.25, 0.3) is 0 Å². The second kappa shape index (κ2) is 17.1. The minimum Gasteiger partial charge on any atom is -0.332 e. The zero-order chi connectivity index (χ0) is 45.1. The average molecular weight is 1000 g/mol. The molecule has 0 aliphatic carbocycles. The summed E-state index contributed by atoms with van der Waals surface area (Å²) in [4.78, 5) is 15.7. The molecule has 0 saturated heterocycles. The molecule has 5 aromatic carbocycles. The Morgan fingerprint density at radius 2 is 1.60 bits per heavy atom. The summed E-state index contributed by atoms with van der Waals surface area (Å²) in [6.07, 6.45) is 1.89. The van der Waals surface area contributed by atoms with Crippen LogP contribution >= 0.6 is 11.3 Å². The number of pyridine rings is 2. The van der Waals surface area contributed by atoms with Gasteiger partial charge in [-0.2, -0.15) is 11.3 Å². The maximum atomic E-state index is 8.48. The summed E-state index contributed by atoms with van der Waals surface area (Å²) in [5, 5.41) is 3.56. The molecule has 0 atom stereocenters. The third-order valence-electron chi connectivity index (χ3n) is 10.7. The maximum absolute atomic E-state index is 8.48. The Balaban J connectivity index is 0.000000212. The molecule has 0 saturated carbocycles. The van der Waals surface area contributed by atoms with Gasteiger partial charge < -0.3 is 9.55 Å². The molecule has 4 nitrogen and oxygen atoms in total. The van der Waals surface area contributed by atoms with Crippen molar-refractivity contribution in [1.29, 1.82) is 0 Å². The van der Waals surface area contributed by atoms with Crippen LogP contribution in [0.2, 0.25) is 19.6 Å². The fourth-order valence-corrected chi connectivity index (χ4v) is 10.5. The van der Waals surface area contributed by atoms with Gasteiger partial charge in [0.15, 0.2) is 0 Å². The third-order valence-corrected chi connectivity index (χ3v) is 13.9. The maximum Gasteiger partial charge on any atom is 0.113 e. The van der Waals surface area contributed by atoms with Crippen LogP contribution in [0.15, 0.2) is 128 Å². The minimum absolute atomic E-state index is 0. The molecule has 305 valence electrons. The summed E-state index contributed by atoms with van der Waals surface area (Å²) in [5.74, 6) is 0.185. The van der Waals surface area contributed by atoms with Gasteiger partial charge in [0, 0.05) is 43.0 Å². The van der Waals surface area contributed by atoms with E-state index in [-0.39, 0.29) is 31.1 Å². The van der Waals surface area contributed by atoms with Crippen molar-refractivity contribution < 1.29 is 25.6 Å². The number of fused-ring (bicyclic) bond motifs is 4. The molecule has 0 fully saturated rings. The fraction of sp³-hybridized carbons (Fsp3) is 0.226. The van der Waals surface area contributed by atoms with Crippen LogP contribution in [0.1, 0.15) is 68.4 Å². The van der Waals surface area contributed by atoms with Crippen LogP contribution in [0.3, 0.4) is 0 Å². The van der Waals surface area contributed by atoms with Crippen LogP contribution < -0.4 is 5.19 Å². The van der Waals surface area contributed by atoms with Crippen molar-refractivity contribution in [2.45, 2.75) is 79.3 Å². The van der Waals surface area contributed by atoms with Crippen molar-refractivity contribution in [2.75, 3.05) is 0 Å². The number of hydrogen-bond acceptors (Lipinski definition) is 4. The zero-order valence-electron chi connectivity index (χ0n) is 39.7. The van der Waals surface area contributed by atoms with Crippen molar-refractivity contribution in [3.63, 3.8) is 0 Å². The Morgan fingerprint density at radius 1 is 0.833 bits per heavy atom. The van der Waals surface area contributed by atoms with Gasteiger partial charge in [0.05, 0.1) is 30.6 Å². The van der Waals surface area contributed by atoms with Crippen molar-refractivity contribution in [3.8, 4) is 39.5 Å². The molecule has 4 heterocycles. The molecule has 9 rings (SSSR count). The van der Waals surface area contributed by atoms with Crippen LogP contribution in [-0.4, -0.2) is 27.6 Å².